The Labute approximate surface area is 154 Å². The van der Waals surface area contributed by atoms with Gasteiger partial charge >= 0.3 is 0 Å². The number of amides is 1. The average molecular weight is 359 g/mol. The van der Waals surface area contributed by atoms with Crippen LogP contribution >= 0.6 is 0 Å². The van der Waals surface area contributed by atoms with E-state index in [1.807, 2.05) is 35.8 Å². The highest BCUT2D eigenvalue weighted by Crippen LogP contribution is 2.29. The first kappa shape index (κ1) is 18.9. The number of carbonyl (C=O) groups excluding carboxylic acids is 1. The van der Waals surface area contributed by atoms with Crippen molar-refractivity contribution in [3.63, 3.8) is 0 Å². The molecule has 3 rings (SSSR count). The topological polar surface area (TPSA) is 76.4 Å². The number of aromatic nitrogens is 2. The molecule has 1 aliphatic heterocycles. The van der Waals surface area contributed by atoms with Crippen molar-refractivity contribution in [1.82, 2.24) is 14.9 Å². The fourth-order valence-corrected chi connectivity index (χ4v) is 3.66. The average Bonchev–Trinajstić information content (AvgIpc) is 3.04. The van der Waals surface area contributed by atoms with Crippen molar-refractivity contribution < 1.29 is 14.6 Å². The number of fused-ring (bicyclic) bond motifs is 1. The summed E-state index contributed by atoms with van der Waals surface area (Å²) >= 11 is 0. The van der Waals surface area contributed by atoms with E-state index in [1.54, 1.807) is 0 Å². The summed E-state index contributed by atoms with van der Waals surface area (Å²) in [5.41, 5.74) is 1.64. The van der Waals surface area contributed by atoms with Crippen molar-refractivity contribution in [2.75, 3.05) is 26.4 Å². The molecule has 1 saturated heterocycles. The van der Waals surface area contributed by atoms with Crippen molar-refractivity contribution in [2.24, 2.45) is 5.41 Å². The third kappa shape index (κ3) is 3.76. The quantitative estimate of drug-likeness (QED) is 0.796. The first-order valence-corrected chi connectivity index (χ1v) is 9.52. The van der Waals surface area contributed by atoms with Crippen LogP contribution in [0.25, 0.3) is 11.0 Å². The fraction of sp³-hybridized carbons (Fsp3) is 0.600. The van der Waals surface area contributed by atoms with Gasteiger partial charge in [-0.3, -0.25) is 4.79 Å². The minimum atomic E-state index is -0.348. The van der Waals surface area contributed by atoms with Gasteiger partial charge in [0.2, 0.25) is 5.91 Å². The van der Waals surface area contributed by atoms with Crippen LogP contribution < -0.4 is 5.32 Å². The minimum absolute atomic E-state index is 0.0372. The number of aliphatic hydroxyl groups excluding tert-OH is 1. The number of ether oxygens (including phenoxy) is 1. The minimum Gasteiger partial charge on any atom is -0.396 e. The molecule has 1 atom stereocenters. The number of aryl methyl sites for hydroxylation is 1. The Morgan fingerprint density at radius 2 is 2.12 bits per heavy atom. The van der Waals surface area contributed by atoms with Crippen LogP contribution in [0.4, 0.5) is 0 Å². The van der Waals surface area contributed by atoms with Crippen LogP contribution in [-0.4, -0.2) is 46.9 Å². The van der Waals surface area contributed by atoms with Gasteiger partial charge in [-0.25, -0.2) is 4.98 Å². The van der Waals surface area contributed by atoms with E-state index in [1.165, 1.54) is 0 Å². The molecule has 6 heteroatoms. The maximum Gasteiger partial charge on any atom is 0.242 e. The van der Waals surface area contributed by atoms with E-state index in [2.05, 4.69) is 12.2 Å². The predicted molar refractivity (Wildman–Crippen MR) is 101 cm³/mol. The number of para-hydroxylation sites is 2. The zero-order valence-corrected chi connectivity index (χ0v) is 15.7. The lowest BCUT2D eigenvalue weighted by Crippen LogP contribution is -2.45. The van der Waals surface area contributed by atoms with E-state index in [-0.39, 0.29) is 24.0 Å². The van der Waals surface area contributed by atoms with Crippen LogP contribution in [0.5, 0.6) is 0 Å². The summed E-state index contributed by atoms with van der Waals surface area (Å²) in [6.45, 7) is 5.85. The van der Waals surface area contributed by atoms with E-state index in [0.29, 0.717) is 19.8 Å². The van der Waals surface area contributed by atoms with Gasteiger partial charge in [0, 0.05) is 31.6 Å². The number of aliphatic hydroxyl groups is 1. The van der Waals surface area contributed by atoms with E-state index in [4.69, 9.17) is 9.72 Å². The summed E-state index contributed by atoms with van der Waals surface area (Å²) in [6, 6.07) is 7.59. The summed E-state index contributed by atoms with van der Waals surface area (Å²) in [7, 11) is 0. The molecule has 0 bridgehead atoms. The van der Waals surface area contributed by atoms with Crippen LogP contribution in [0.1, 0.15) is 45.0 Å². The summed E-state index contributed by atoms with van der Waals surface area (Å²) in [5, 5.41) is 12.9. The molecule has 1 amide bonds. The van der Waals surface area contributed by atoms with Gasteiger partial charge in [-0.05, 0) is 38.3 Å². The summed E-state index contributed by atoms with van der Waals surface area (Å²) in [6.07, 6.45) is 3.36. The van der Waals surface area contributed by atoms with E-state index < -0.39 is 0 Å². The lowest BCUT2D eigenvalue weighted by Gasteiger charge is -2.35. The molecule has 2 aromatic rings. The number of imidazole rings is 1. The summed E-state index contributed by atoms with van der Waals surface area (Å²) < 4.78 is 7.44. The zero-order chi connectivity index (χ0) is 18.6. The molecule has 6 nitrogen and oxygen atoms in total. The van der Waals surface area contributed by atoms with Crippen LogP contribution in [0.15, 0.2) is 24.3 Å². The fourth-order valence-electron chi connectivity index (χ4n) is 3.66. The molecule has 0 saturated carbocycles. The van der Waals surface area contributed by atoms with Crippen molar-refractivity contribution in [3.05, 3.63) is 30.1 Å². The van der Waals surface area contributed by atoms with E-state index in [0.717, 1.165) is 42.5 Å². The lowest BCUT2D eigenvalue weighted by atomic mass is 9.81. The Hall–Kier alpha value is -1.92. The molecule has 0 aliphatic carbocycles. The molecular formula is C20H29N3O3. The molecule has 1 aromatic carbocycles. The lowest BCUT2D eigenvalue weighted by molar-refractivity contribution is -0.125. The molecule has 1 unspecified atom stereocenters. The van der Waals surface area contributed by atoms with Gasteiger partial charge in [-0.15, -0.1) is 0 Å². The van der Waals surface area contributed by atoms with Gasteiger partial charge in [0.05, 0.1) is 17.6 Å². The second-order valence-corrected chi connectivity index (χ2v) is 7.30. The standard InChI is InChI=1S/C20H29N3O3/c1-3-6-18-22-16-7-4-5-8-17(16)23(18)15(2)19(25)21-13-20(14-24)9-11-26-12-10-20/h4-5,7-8,15,24H,3,6,9-14H2,1-2H3,(H,21,25). The number of hydrogen-bond acceptors (Lipinski definition) is 4. The van der Waals surface area contributed by atoms with Crippen molar-refractivity contribution >= 4 is 16.9 Å². The largest absolute Gasteiger partial charge is 0.396 e. The number of nitrogens with zero attached hydrogens (tertiary/aromatic N) is 2. The number of benzene rings is 1. The normalized spacial score (nSPS) is 18.0. The Morgan fingerprint density at radius 3 is 2.81 bits per heavy atom. The van der Waals surface area contributed by atoms with Crippen molar-refractivity contribution in [1.29, 1.82) is 0 Å². The Bertz CT molecular complexity index is 750. The monoisotopic (exact) mass is 359 g/mol. The second-order valence-electron chi connectivity index (χ2n) is 7.30. The van der Waals surface area contributed by atoms with E-state index in [9.17, 15) is 9.90 Å². The third-order valence-corrected chi connectivity index (χ3v) is 5.44. The van der Waals surface area contributed by atoms with Crippen LogP contribution in [-0.2, 0) is 16.0 Å². The van der Waals surface area contributed by atoms with Crippen LogP contribution in [0, 0.1) is 5.41 Å². The molecule has 142 valence electrons. The Balaban J connectivity index is 1.78. The highest BCUT2D eigenvalue weighted by Gasteiger charge is 2.33. The second kappa shape index (κ2) is 8.18. The smallest absolute Gasteiger partial charge is 0.242 e. The number of carbonyl (C=O) groups is 1. The predicted octanol–water partition coefficient (Wildman–Crippen LogP) is 2.46. The highest BCUT2D eigenvalue weighted by atomic mass is 16.5. The first-order chi connectivity index (χ1) is 12.6. The number of hydrogen-bond donors (Lipinski definition) is 2. The van der Waals surface area contributed by atoms with Crippen molar-refractivity contribution in [2.45, 2.75) is 45.6 Å². The summed E-state index contributed by atoms with van der Waals surface area (Å²) in [5.74, 6) is 0.907. The molecule has 2 heterocycles. The zero-order valence-electron chi connectivity index (χ0n) is 15.7. The van der Waals surface area contributed by atoms with Crippen molar-refractivity contribution in [3.8, 4) is 0 Å². The number of rotatable bonds is 7. The van der Waals surface area contributed by atoms with Gasteiger partial charge < -0.3 is 19.7 Å². The van der Waals surface area contributed by atoms with E-state index >= 15 is 0 Å². The maximum atomic E-state index is 12.9. The molecule has 26 heavy (non-hydrogen) atoms. The molecule has 2 N–H and O–H groups in total. The molecule has 1 aromatic heterocycles. The van der Waals surface area contributed by atoms with Crippen LogP contribution in [0.3, 0.4) is 0 Å². The highest BCUT2D eigenvalue weighted by molar-refractivity contribution is 5.84. The molecule has 1 fully saturated rings. The third-order valence-electron chi connectivity index (χ3n) is 5.44. The van der Waals surface area contributed by atoms with Gasteiger partial charge in [-0.2, -0.15) is 0 Å². The SMILES string of the molecule is CCCc1nc2ccccc2n1C(C)C(=O)NCC1(CO)CCOCC1. The molecule has 0 spiro atoms. The molecular weight excluding hydrogens is 330 g/mol. The first-order valence-electron chi connectivity index (χ1n) is 9.52. The molecule has 0 radical (unpaired) electrons. The maximum absolute atomic E-state index is 12.9. The Morgan fingerprint density at radius 1 is 1.38 bits per heavy atom. The number of nitrogens with one attached hydrogen (secondary N) is 1. The Kier molecular flexibility index (Phi) is 5.94. The summed E-state index contributed by atoms with van der Waals surface area (Å²) in [4.78, 5) is 17.6. The molecule has 1 aliphatic rings. The van der Waals surface area contributed by atoms with Gasteiger partial charge in [0.1, 0.15) is 11.9 Å². The van der Waals surface area contributed by atoms with Gasteiger partial charge in [0.25, 0.3) is 0 Å². The van der Waals surface area contributed by atoms with Gasteiger partial charge in [0.15, 0.2) is 0 Å². The van der Waals surface area contributed by atoms with Crippen LogP contribution in [0.2, 0.25) is 0 Å². The van der Waals surface area contributed by atoms with Gasteiger partial charge in [-0.1, -0.05) is 19.1 Å².